The molecule has 0 aliphatic heterocycles. The Morgan fingerprint density at radius 3 is 1.79 bits per heavy atom. The number of aromatic nitrogens is 4. The summed E-state index contributed by atoms with van der Waals surface area (Å²) in [6.45, 7) is 11.4. The van der Waals surface area contributed by atoms with Gasteiger partial charge < -0.3 is 5.43 Å². The minimum absolute atomic E-state index is 0.442. The van der Waals surface area contributed by atoms with Crippen LogP contribution < -0.4 is 5.43 Å². The number of hydrogen-bond donors (Lipinski definition) is 1. The number of hydrazone groups is 1. The zero-order chi connectivity index (χ0) is 20.9. The van der Waals surface area contributed by atoms with E-state index in [1.807, 2.05) is 72.9 Å². The van der Waals surface area contributed by atoms with Crippen molar-refractivity contribution in [2.24, 2.45) is 12.1 Å². The third kappa shape index (κ3) is 6.87. The molecular weight excluding hydrogens is 348 g/mol. The van der Waals surface area contributed by atoms with Crippen LogP contribution in [0.5, 0.6) is 0 Å². The van der Waals surface area contributed by atoms with E-state index >= 15 is 0 Å². The van der Waals surface area contributed by atoms with E-state index in [4.69, 9.17) is 0 Å². The van der Waals surface area contributed by atoms with Crippen LogP contribution in [0.1, 0.15) is 33.7 Å². The normalized spacial score (nSPS) is 9.54. The average molecular weight is 381 g/mol. The lowest BCUT2D eigenvalue weighted by atomic mass is 10.3. The van der Waals surface area contributed by atoms with E-state index in [-0.39, 0.29) is 0 Å². The van der Waals surface area contributed by atoms with E-state index in [1.54, 1.807) is 7.05 Å². The molecule has 0 aliphatic carbocycles. The van der Waals surface area contributed by atoms with Crippen LogP contribution in [-0.4, -0.2) is 33.3 Å². The zero-order valence-corrected chi connectivity index (χ0v) is 17.8. The fraction of sp³-hybridized carbons (Fsp3) is 0.318. The predicted molar refractivity (Wildman–Crippen MR) is 121 cm³/mol. The summed E-state index contributed by atoms with van der Waals surface area (Å²) in [5.41, 5.74) is 4.58. The highest BCUT2D eigenvalue weighted by Gasteiger charge is 2.00. The molecule has 0 saturated heterocycles. The first-order valence-electron chi connectivity index (χ1n) is 9.50. The van der Waals surface area contributed by atoms with Crippen molar-refractivity contribution in [3.8, 4) is 0 Å². The molecule has 0 radical (unpaired) electrons. The Morgan fingerprint density at radius 1 is 0.893 bits per heavy atom. The Morgan fingerprint density at radius 2 is 1.36 bits per heavy atom. The number of nitrogens with one attached hydrogen (secondary N) is 1. The number of nitrogens with zero attached hydrogens (tertiary/aromatic N) is 5. The van der Waals surface area contributed by atoms with Crippen molar-refractivity contribution >= 4 is 28.5 Å². The van der Waals surface area contributed by atoms with Gasteiger partial charge in [-0.15, -0.1) is 0 Å². The maximum Gasteiger partial charge on any atom is 0.0923 e. The van der Waals surface area contributed by atoms with E-state index in [0.29, 0.717) is 6.04 Å². The maximum atomic E-state index is 4.43. The molecule has 0 amide bonds. The molecule has 6 heteroatoms. The number of hydrogen-bond acceptors (Lipinski definition) is 4. The molecule has 4 rings (SSSR count). The lowest BCUT2D eigenvalue weighted by Crippen LogP contribution is -1.99. The summed E-state index contributed by atoms with van der Waals surface area (Å²) >= 11 is 0. The highest BCUT2D eigenvalue weighted by Crippen LogP contribution is 2.13. The summed E-state index contributed by atoms with van der Waals surface area (Å²) in [6, 6.07) is 16.7. The first kappa shape index (κ1) is 22.9. The highest BCUT2D eigenvalue weighted by molar-refractivity contribution is 5.78. The zero-order valence-electron chi connectivity index (χ0n) is 17.8. The van der Waals surface area contributed by atoms with Gasteiger partial charge in [0.05, 0.1) is 11.0 Å². The minimum Gasteiger partial charge on any atom is -0.314 e. The fourth-order valence-electron chi connectivity index (χ4n) is 2.34. The van der Waals surface area contributed by atoms with E-state index in [1.165, 1.54) is 10.8 Å². The maximum absolute atomic E-state index is 4.43. The molecule has 0 aliphatic rings. The van der Waals surface area contributed by atoms with Gasteiger partial charge in [0.25, 0.3) is 0 Å². The third-order valence-electron chi connectivity index (χ3n) is 3.65. The van der Waals surface area contributed by atoms with Gasteiger partial charge in [-0.25, -0.2) is 0 Å². The average Bonchev–Trinajstić information content (AvgIpc) is 3.32. The molecule has 2 aromatic carbocycles. The van der Waals surface area contributed by atoms with Gasteiger partial charge >= 0.3 is 0 Å². The second-order valence-electron chi connectivity index (χ2n) is 6.00. The molecule has 1 N–H and O–H groups in total. The molecule has 0 saturated carbocycles. The summed E-state index contributed by atoms with van der Waals surface area (Å²) in [5.74, 6) is 0. The van der Waals surface area contributed by atoms with Gasteiger partial charge in [-0.3, -0.25) is 9.36 Å². The Labute approximate surface area is 167 Å². The molecule has 4 aromatic rings. The number of benzene rings is 2. The van der Waals surface area contributed by atoms with Crippen LogP contribution in [0.4, 0.5) is 0 Å². The van der Waals surface area contributed by atoms with Gasteiger partial charge in [-0.05, 0) is 26.0 Å². The van der Waals surface area contributed by atoms with Crippen LogP contribution in [-0.2, 0) is 7.05 Å². The number of aryl methyl sites for hydroxylation is 1. The van der Waals surface area contributed by atoms with Gasteiger partial charge in [0.15, 0.2) is 0 Å². The van der Waals surface area contributed by atoms with Crippen molar-refractivity contribution in [3.63, 3.8) is 0 Å². The van der Waals surface area contributed by atoms with Crippen molar-refractivity contribution in [2.75, 3.05) is 7.05 Å². The standard InChI is InChI=1S/C10H12N2.C8H8N2.C2H6N2.C2H6/c1-8(2)12-7-9-5-3-4-6-10(9)11-12;1-10-6-7-4-2-3-5-8(7)9-10;1-3-4-2;1-2/h3-8H,1-2H3;2-6H,1H3;4H,1H2,2H3;1-2H3. The Kier molecular flexibility index (Phi) is 10.0. The summed E-state index contributed by atoms with van der Waals surface area (Å²) in [6.07, 6.45) is 4.09. The van der Waals surface area contributed by atoms with Crippen molar-refractivity contribution in [3.05, 3.63) is 60.9 Å². The second kappa shape index (κ2) is 12.3. The fourth-order valence-corrected chi connectivity index (χ4v) is 2.34. The molecule has 28 heavy (non-hydrogen) atoms. The summed E-state index contributed by atoms with van der Waals surface area (Å²) in [7, 11) is 3.63. The Balaban J connectivity index is 0.000000222. The lowest BCUT2D eigenvalue weighted by Gasteiger charge is -2.02. The Hall–Kier alpha value is -3.15. The highest BCUT2D eigenvalue weighted by atomic mass is 15.3. The van der Waals surface area contributed by atoms with Gasteiger partial charge in [0.2, 0.25) is 0 Å². The smallest absolute Gasteiger partial charge is 0.0923 e. The van der Waals surface area contributed by atoms with Gasteiger partial charge in [-0.1, -0.05) is 50.2 Å². The first-order valence-corrected chi connectivity index (χ1v) is 9.50. The van der Waals surface area contributed by atoms with E-state index in [0.717, 1.165) is 11.0 Å². The quantitative estimate of drug-likeness (QED) is 0.391. The molecule has 0 atom stereocenters. The summed E-state index contributed by atoms with van der Waals surface area (Å²) in [4.78, 5) is 0. The van der Waals surface area contributed by atoms with Crippen LogP contribution in [0.2, 0.25) is 0 Å². The second-order valence-corrected chi connectivity index (χ2v) is 6.00. The molecule has 0 fully saturated rings. The molecular formula is C22H32N6. The number of rotatable bonds is 2. The molecule has 6 nitrogen and oxygen atoms in total. The van der Waals surface area contributed by atoms with E-state index in [2.05, 4.69) is 59.6 Å². The van der Waals surface area contributed by atoms with Crippen molar-refractivity contribution < 1.29 is 0 Å². The third-order valence-corrected chi connectivity index (χ3v) is 3.65. The molecule has 150 valence electrons. The van der Waals surface area contributed by atoms with Crippen molar-refractivity contribution in [1.29, 1.82) is 0 Å². The van der Waals surface area contributed by atoms with Crippen molar-refractivity contribution in [1.82, 2.24) is 25.0 Å². The van der Waals surface area contributed by atoms with Crippen LogP contribution in [0, 0.1) is 0 Å². The largest absolute Gasteiger partial charge is 0.314 e. The monoisotopic (exact) mass is 380 g/mol. The first-order chi connectivity index (χ1) is 13.5. The van der Waals surface area contributed by atoms with E-state index in [9.17, 15) is 0 Å². The Bertz CT molecular complexity index is 886. The van der Waals surface area contributed by atoms with Gasteiger partial charge in [-0.2, -0.15) is 15.3 Å². The van der Waals surface area contributed by atoms with Gasteiger partial charge in [0, 0.05) is 50.0 Å². The predicted octanol–water partition coefficient (Wildman–Crippen LogP) is 5.04. The SMILES string of the molecule is C=NNC.CC.CC(C)n1cc2ccccc2n1.Cn1cc2ccccc2n1. The lowest BCUT2D eigenvalue weighted by molar-refractivity contribution is 0.537. The van der Waals surface area contributed by atoms with E-state index < -0.39 is 0 Å². The molecule has 2 heterocycles. The molecule has 0 bridgehead atoms. The van der Waals surface area contributed by atoms with Crippen molar-refractivity contribution in [2.45, 2.75) is 33.7 Å². The minimum atomic E-state index is 0.442. The molecule has 0 spiro atoms. The summed E-state index contributed by atoms with van der Waals surface area (Å²) < 4.78 is 3.81. The van der Waals surface area contributed by atoms with Crippen LogP contribution in [0.15, 0.2) is 66.0 Å². The van der Waals surface area contributed by atoms with Gasteiger partial charge in [0.1, 0.15) is 0 Å². The summed E-state index contributed by atoms with van der Waals surface area (Å²) in [5, 5.41) is 14.3. The number of fused-ring (bicyclic) bond motifs is 2. The molecule has 2 aromatic heterocycles. The van der Waals surface area contributed by atoms with Crippen LogP contribution in [0.3, 0.4) is 0 Å². The molecule has 0 unspecified atom stereocenters. The van der Waals surface area contributed by atoms with Crippen LogP contribution in [0.25, 0.3) is 21.8 Å². The van der Waals surface area contributed by atoms with Crippen LogP contribution >= 0.6 is 0 Å². The topological polar surface area (TPSA) is 60.0 Å².